The van der Waals surface area contributed by atoms with E-state index < -0.39 is 0 Å². The molecule has 0 radical (unpaired) electrons. The van der Waals surface area contributed by atoms with Crippen molar-refractivity contribution < 1.29 is 0 Å². The summed E-state index contributed by atoms with van der Waals surface area (Å²) in [6.07, 6.45) is 2.69. The van der Waals surface area contributed by atoms with E-state index >= 15 is 0 Å². The number of thiazole rings is 1. The van der Waals surface area contributed by atoms with E-state index in [0.29, 0.717) is 6.04 Å². The maximum absolute atomic E-state index is 5.88. The lowest BCUT2D eigenvalue weighted by Crippen LogP contribution is -2.39. The van der Waals surface area contributed by atoms with Gasteiger partial charge >= 0.3 is 0 Å². The van der Waals surface area contributed by atoms with Gasteiger partial charge in [-0.2, -0.15) is 0 Å². The van der Waals surface area contributed by atoms with E-state index in [4.69, 9.17) is 10.7 Å². The summed E-state index contributed by atoms with van der Waals surface area (Å²) < 4.78 is 0. The average molecular weight is 340 g/mol. The molecule has 1 aromatic heterocycles. The summed E-state index contributed by atoms with van der Waals surface area (Å²) >= 11 is 1.77. The Morgan fingerprint density at radius 1 is 1.40 bits per heavy atom. The van der Waals surface area contributed by atoms with Crippen LogP contribution in [0, 0.1) is 5.92 Å². The Kier molecular flexibility index (Phi) is 8.00. The largest absolute Gasteiger partial charge is 0.329 e. The Morgan fingerprint density at radius 2 is 2.00 bits per heavy atom. The minimum atomic E-state index is 0. The lowest BCUT2D eigenvalue weighted by molar-refractivity contribution is 0.213. The van der Waals surface area contributed by atoms with Gasteiger partial charge in [-0.05, 0) is 25.8 Å². The predicted octanol–water partition coefficient (Wildman–Crippen LogP) is 3.45. The second-order valence-electron chi connectivity index (χ2n) is 6.45. The second-order valence-corrected chi connectivity index (χ2v) is 7.31. The zero-order chi connectivity index (χ0) is 13.3. The molecule has 1 atom stereocenters. The highest BCUT2D eigenvalue weighted by atomic mass is 35.5. The molecule has 0 bridgehead atoms. The number of halogens is 2. The number of aromatic nitrogens is 1. The molecule has 0 aromatic carbocycles. The number of hydrogen-bond acceptors (Lipinski definition) is 4. The van der Waals surface area contributed by atoms with Crippen LogP contribution in [0.5, 0.6) is 0 Å². The quantitative estimate of drug-likeness (QED) is 0.893. The fourth-order valence-corrected chi connectivity index (χ4v) is 3.21. The second kappa shape index (κ2) is 7.95. The van der Waals surface area contributed by atoms with Gasteiger partial charge in [0.25, 0.3) is 0 Å². The van der Waals surface area contributed by atoms with E-state index in [2.05, 4.69) is 38.1 Å². The van der Waals surface area contributed by atoms with Gasteiger partial charge in [0.2, 0.25) is 0 Å². The molecule has 1 heterocycles. The Balaban J connectivity index is 0.00000180. The molecule has 20 heavy (non-hydrogen) atoms. The zero-order valence-corrected chi connectivity index (χ0v) is 15.2. The minimum absolute atomic E-state index is 0. The SMILES string of the molecule is CN(Cc1csc(C(C)(C)C)n1)C(CN)C1CC1.Cl.Cl. The van der Waals surface area contributed by atoms with Gasteiger partial charge in [-0.1, -0.05) is 20.8 Å². The van der Waals surface area contributed by atoms with Gasteiger partial charge in [-0.15, -0.1) is 36.2 Å². The molecule has 6 heteroatoms. The van der Waals surface area contributed by atoms with Gasteiger partial charge in [0, 0.05) is 29.9 Å². The Hall–Kier alpha value is 0.130. The molecule has 0 amide bonds. The van der Waals surface area contributed by atoms with Crippen molar-refractivity contribution in [3.05, 3.63) is 16.1 Å². The predicted molar refractivity (Wildman–Crippen MR) is 92.3 cm³/mol. The maximum Gasteiger partial charge on any atom is 0.0982 e. The van der Waals surface area contributed by atoms with Crippen LogP contribution in [-0.2, 0) is 12.0 Å². The topological polar surface area (TPSA) is 42.2 Å². The Morgan fingerprint density at radius 3 is 2.40 bits per heavy atom. The molecule has 1 unspecified atom stereocenters. The fourth-order valence-electron chi connectivity index (χ4n) is 2.31. The zero-order valence-electron chi connectivity index (χ0n) is 12.8. The lowest BCUT2D eigenvalue weighted by atomic mass is 9.98. The van der Waals surface area contributed by atoms with Gasteiger partial charge in [0.15, 0.2) is 0 Å². The first kappa shape index (κ1) is 20.1. The number of nitrogens with zero attached hydrogens (tertiary/aromatic N) is 2. The van der Waals surface area contributed by atoms with Gasteiger partial charge in [-0.3, -0.25) is 4.90 Å². The summed E-state index contributed by atoms with van der Waals surface area (Å²) in [6.45, 7) is 8.33. The van der Waals surface area contributed by atoms with Gasteiger partial charge in [0.05, 0.1) is 10.7 Å². The molecule has 3 nitrogen and oxygen atoms in total. The van der Waals surface area contributed by atoms with Crippen LogP contribution < -0.4 is 5.73 Å². The first-order chi connectivity index (χ1) is 8.41. The highest BCUT2D eigenvalue weighted by Gasteiger charge is 2.33. The van der Waals surface area contributed by atoms with Crippen LogP contribution in [0.15, 0.2) is 5.38 Å². The van der Waals surface area contributed by atoms with Crippen molar-refractivity contribution >= 4 is 36.2 Å². The third kappa shape index (κ3) is 5.15. The molecular weight excluding hydrogens is 313 g/mol. The molecule has 0 saturated heterocycles. The molecular formula is C14H27Cl2N3S. The average Bonchev–Trinajstić information content (AvgIpc) is 2.97. The van der Waals surface area contributed by atoms with Crippen molar-refractivity contribution in [1.82, 2.24) is 9.88 Å². The molecule has 0 aliphatic heterocycles. The number of likely N-dealkylation sites (N-methyl/N-ethyl adjacent to an activating group) is 1. The van der Waals surface area contributed by atoms with Crippen molar-refractivity contribution in [2.45, 2.75) is 51.6 Å². The molecule has 1 aliphatic carbocycles. The summed E-state index contributed by atoms with van der Waals surface area (Å²) in [6, 6.07) is 0.532. The lowest BCUT2D eigenvalue weighted by Gasteiger charge is -2.26. The van der Waals surface area contributed by atoms with Crippen molar-refractivity contribution in [3.63, 3.8) is 0 Å². The molecule has 1 aliphatic rings. The summed E-state index contributed by atoms with van der Waals surface area (Å²) in [5, 5.41) is 3.42. The van der Waals surface area contributed by atoms with Crippen molar-refractivity contribution in [2.24, 2.45) is 11.7 Å². The molecule has 1 aromatic rings. The number of rotatable bonds is 5. The normalized spacial score (nSPS) is 16.5. The Labute approximate surface area is 139 Å². The number of hydrogen-bond donors (Lipinski definition) is 1. The number of nitrogens with two attached hydrogens (primary N) is 1. The van der Waals surface area contributed by atoms with Crippen molar-refractivity contribution in [3.8, 4) is 0 Å². The molecule has 1 saturated carbocycles. The van der Waals surface area contributed by atoms with E-state index in [1.54, 1.807) is 11.3 Å². The van der Waals surface area contributed by atoms with E-state index in [0.717, 1.165) is 19.0 Å². The van der Waals surface area contributed by atoms with Crippen LogP contribution in [0.4, 0.5) is 0 Å². The third-order valence-corrected chi connectivity index (χ3v) is 4.90. The van der Waals surface area contributed by atoms with Crippen molar-refractivity contribution in [1.29, 1.82) is 0 Å². The monoisotopic (exact) mass is 339 g/mol. The molecule has 2 N–H and O–H groups in total. The summed E-state index contributed by atoms with van der Waals surface area (Å²) in [7, 11) is 2.17. The van der Waals surface area contributed by atoms with Crippen LogP contribution in [0.1, 0.15) is 44.3 Å². The highest BCUT2D eigenvalue weighted by Crippen LogP contribution is 2.35. The maximum atomic E-state index is 5.88. The summed E-state index contributed by atoms with van der Waals surface area (Å²) in [5.74, 6) is 0.820. The fraction of sp³-hybridized carbons (Fsp3) is 0.786. The van der Waals surface area contributed by atoms with Gasteiger partial charge in [0.1, 0.15) is 0 Å². The molecule has 1 fully saturated rings. The van der Waals surface area contributed by atoms with Crippen molar-refractivity contribution in [2.75, 3.05) is 13.6 Å². The molecule has 118 valence electrons. The smallest absolute Gasteiger partial charge is 0.0982 e. The van der Waals surface area contributed by atoms with E-state index in [1.165, 1.54) is 23.5 Å². The minimum Gasteiger partial charge on any atom is -0.329 e. The van der Waals surface area contributed by atoms with Crippen LogP contribution in [-0.4, -0.2) is 29.5 Å². The summed E-state index contributed by atoms with van der Waals surface area (Å²) in [4.78, 5) is 7.13. The molecule has 0 spiro atoms. The third-order valence-electron chi connectivity index (χ3n) is 3.58. The van der Waals surface area contributed by atoms with E-state index in [-0.39, 0.29) is 30.2 Å². The first-order valence-electron chi connectivity index (χ1n) is 6.77. The molecule has 2 rings (SSSR count). The van der Waals surface area contributed by atoms with Crippen LogP contribution in [0.2, 0.25) is 0 Å². The van der Waals surface area contributed by atoms with Crippen LogP contribution in [0.3, 0.4) is 0 Å². The standard InChI is InChI=1S/C14H25N3S.2ClH/c1-14(2,3)13-16-11(9-18-13)8-17(4)12(7-15)10-5-6-10;;/h9-10,12H,5-8,15H2,1-4H3;2*1H. The van der Waals surface area contributed by atoms with E-state index in [9.17, 15) is 0 Å². The first-order valence-corrected chi connectivity index (χ1v) is 7.65. The highest BCUT2D eigenvalue weighted by molar-refractivity contribution is 7.09. The Bertz CT molecular complexity index is 399. The van der Waals surface area contributed by atoms with Crippen LogP contribution in [0.25, 0.3) is 0 Å². The van der Waals surface area contributed by atoms with Gasteiger partial charge < -0.3 is 5.73 Å². The summed E-state index contributed by atoms with van der Waals surface area (Å²) in [5.41, 5.74) is 7.23. The van der Waals surface area contributed by atoms with Gasteiger partial charge in [-0.25, -0.2) is 4.98 Å². The van der Waals surface area contributed by atoms with Crippen LogP contribution >= 0.6 is 36.2 Å². The van der Waals surface area contributed by atoms with E-state index in [1.807, 2.05) is 0 Å².